The number of hydrogen-bond donors (Lipinski definition) is 1. The number of carbonyl (C=O) groups excluding carboxylic acids is 2. The van der Waals surface area contributed by atoms with Gasteiger partial charge in [-0.2, -0.15) is 0 Å². The number of likely N-dealkylation sites (N-methyl/N-ethyl adjacent to an activating group) is 1. The van der Waals surface area contributed by atoms with Crippen molar-refractivity contribution in [3.05, 3.63) is 95.1 Å². The van der Waals surface area contributed by atoms with Gasteiger partial charge >= 0.3 is 0 Å². The molecule has 0 radical (unpaired) electrons. The van der Waals surface area contributed by atoms with Crippen molar-refractivity contribution in [3.63, 3.8) is 0 Å². The van der Waals surface area contributed by atoms with Crippen molar-refractivity contribution < 1.29 is 19.1 Å². The Hall–Kier alpha value is -4.66. The van der Waals surface area contributed by atoms with Crippen molar-refractivity contribution in [3.8, 4) is 0 Å². The Bertz CT molecular complexity index is 2300. The summed E-state index contributed by atoms with van der Waals surface area (Å²) in [4.78, 5) is 29.5. The predicted octanol–water partition coefficient (Wildman–Crippen LogP) is 5.42. The van der Waals surface area contributed by atoms with Crippen molar-refractivity contribution in [2.24, 2.45) is 0 Å². The van der Waals surface area contributed by atoms with E-state index in [4.69, 9.17) is 9.47 Å². The largest absolute Gasteiger partial charge is 0.374 e. The summed E-state index contributed by atoms with van der Waals surface area (Å²) in [6.45, 7) is 2.57. The summed E-state index contributed by atoms with van der Waals surface area (Å²) < 4.78 is 18.7. The maximum Gasteiger partial charge on any atom is 0.253 e. The number of methoxy groups -OCH3 is 1. The first kappa shape index (κ1) is 23.9. The van der Waals surface area contributed by atoms with Crippen LogP contribution in [-0.4, -0.2) is 52.2 Å². The van der Waals surface area contributed by atoms with Gasteiger partial charge in [-0.3, -0.25) is 9.59 Å². The fraction of sp³-hybridized carbons (Fsp3) is 0.257. The van der Waals surface area contributed by atoms with Crippen molar-refractivity contribution in [1.82, 2.24) is 19.4 Å². The number of carbonyl (C=O) groups is 2. The van der Waals surface area contributed by atoms with E-state index in [1.165, 1.54) is 0 Å². The van der Waals surface area contributed by atoms with Gasteiger partial charge in [-0.15, -0.1) is 0 Å². The smallest absolute Gasteiger partial charge is 0.253 e. The molecule has 4 atom stereocenters. The van der Waals surface area contributed by atoms with Gasteiger partial charge in [0.25, 0.3) is 11.8 Å². The van der Waals surface area contributed by atoms with Crippen LogP contribution in [0.25, 0.3) is 43.6 Å². The highest BCUT2D eigenvalue weighted by Gasteiger charge is 2.61. The molecule has 8 heteroatoms. The van der Waals surface area contributed by atoms with E-state index >= 15 is 0 Å². The lowest BCUT2D eigenvalue weighted by Gasteiger charge is -2.56. The summed E-state index contributed by atoms with van der Waals surface area (Å²) in [6, 6.07) is 24.3. The van der Waals surface area contributed by atoms with E-state index in [0.29, 0.717) is 18.5 Å². The highest BCUT2D eigenvalue weighted by Crippen LogP contribution is 2.58. The lowest BCUT2D eigenvalue weighted by atomic mass is 9.81. The Balaban J connectivity index is 1.55. The molecule has 4 aromatic carbocycles. The molecular formula is C35H28N4O4. The third-order valence-electron chi connectivity index (χ3n) is 10.7. The number of nitrogens with zero attached hydrogens (tertiary/aromatic N) is 3. The standard InChI is InChI=1S/C35H28N4O4/c1-34-31(42-3)25-16-35(43-34,19-10-8-9-18(15-19)33(41)37(25)2)39-24-14-7-5-12-21(24)27-28-22(17-36-32(28)40)26-20-11-4-6-13-23(20)38(34)29(26)30(27)39/h4-15,25,31H,16-17H2,1-3H3,(H,36,40)/t25-,31-,34+,35+/m1/s1. The number of amides is 2. The molecular weight excluding hydrogens is 540 g/mol. The molecule has 43 heavy (non-hydrogen) atoms. The second kappa shape index (κ2) is 7.45. The van der Waals surface area contributed by atoms with Gasteiger partial charge < -0.3 is 28.8 Å². The number of rotatable bonds is 1. The summed E-state index contributed by atoms with van der Waals surface area (Å²) in [7, 11) is 3.59. The molecule has 10 rings (SSSR count). The second-order valence-electron chi connectivity index (χ2n) is 12.6. The Labute approximate surface area is 246 Å². The SMILES string of the molecule is CO[C@@H]1[C@H]2C[C@]3(O[C@]1(C)n1c4ccccc4c4c5c(c6c7ccccc7n3c6c41)C(=O)NC5)c1cccc(c1)C(=O)N2C. The van der Waals surface area contributed by atoms with Crippen LogP contribution in [0.4, 0.5) is 0 Å². The van der Waals surface area contributed by atoms with Gasteiger partial charge in [-0.05, 0) is 36.8 Å². The minimum Gasteiger partial charge on any atom is -0.374 e. The Kier molecular flexibility index (Phi) is 4.13. The zero-order valence-electron chi connectivity index (χ0n) is 24.0. The molecule has 212 valence electrons. The molecule has 4 aliphatic rings. The monoisotopic (exact) mass is 568 g/mol. The summed E-state index contributed by atoms with van der Waals surface area (Å²) in [5, 5.41) is 7.24. The number of para-hydroxylation sites is 2. The minimum absolute atomic E-state index is 0.0378. The first-order valence-corrected chi connectivity index (χ1v) is 14.8. The van der Waals surface area contributed by atoms with E-state index in [-0.39, 0.29) is 17.9 Å². The molecule has 1 saturated heterocycles. The third kappa shape index (κ3) is 2.47. The predicted molar refractivity (Wildman–Crippen MR) is 163 cm³/mol. The van der Waals surface area contributed by atoms with E-state index in [1.807, 2.05) is 48.3 Å². The van der Waals surface area contributed by atoms with Crippen molar-refractivity contribution >= 4 is 55.4 Å². The van der Waals surface area contributed by atoms with E-state index in [1.54, 1.807) is 7.11 Å². The number of hydrogen-bond acceptors (Lipinski definition) is 4. The van der Waals surface area contributed by atoms with E-state index in [9.17, 15) is 9.59 Å². The Morgan fingerprint density at radius 1 is 0.907 bits per heavy atom. The summed E-state index contributed by atoms with van der Waals surface area (Å²) >= 11 is 0. The molecule has 0 aliphatic carbocycles. The second-order valence-corrected chi connectivity index (χ2v) is 12.6. The lowest BCUT2D eigenvalue weighted by molar-refractivity contribution is -0.297. The first-order valence-electron chi connectivity index (χ1n) is 14.8. The van der Waals surface area contributed by atoms with Crippen LogP contribution in [0.5, 0.6) is 0 Å². The summed E-state index contributed by atoms with van der Waals surface area (Å²) in [5.74, 6) is -0.0877. The molecule has 1 N–H and O–H groups in total. The molecule has 2 amide bonds. The number of ether oxygens (including phenoxy) is 2. The van der Waals surface area contributed by atoms with Gasteiger partial charge in [0, 0.05) is 59.8 Å². The Morgan fingerprint density at radius 2 is 1.60 bits per heavy atom. The van der Waals surface area contributed by atoms with Crippen molar-refractivity contribution in [2.45, 2.75) is 43.5 Å². The number of benzene rings is 4. The fourth-order valence-electron chi connectivity index (χ4n) is 9.05. The molecule has 6 aromatic rings. The van der Waals surface area contributed by atoms with Crippen molar-refractivity contribution in [2.75, 3.05) is 14.2 Å². The van der Waals surface area contributed by atoms with Crippen LogP contribution in [-0.2, 0) is 27.5 Å². The normalized spacial score (nSPS) is 27.2. The van der Waals surface area contributed by atoms with Crippen molar-refractivity contribution in [1.29, 1.82) is 0 Å². The average Bonchev–Trinajstić information content (AvgIpc) is 3.67. The van der Waals surface area contributed by atoms with Crippen LogP contribution in [0, 0.1) is 0 Å². The minimum atomic E-state index is -1.03. The van der Waals surface area contributed by atoms with Gasteiger partial charge in [0.2, 0.25) is 0 Å². The van der Waals surface area contributed by atoms with Gasteiger partial charge in [-0.25, -0.2) is 0 Å². The number of nitrogens with one attached hydrogen (secondary N) is 1. The lowest BCUT2D eigenvalue weighted by Crippen LogP contribution is -2.66. The Morgan fingerprint density at radius 3 is 2.37 bits per heavy atom. The molecule has 4 aliphatic heterocycles. The van der Waals surface area contributed by atoms with Gasteiger partial charge in [0.1, 0.15) is 6.10 Å². The maximum atomic E-state index is 13.9. The highest BCUT2D eigenvalue weighted by molar-refractivity contribution is 6.31. The zero-order chi connectivity index (χ0) is 29.0. The van der Waals surface area contributed by atoms with Gasteiger partial charge in [-0.1, -0.05) is 48.5 Å². The average molecular weight is 569 g/mol. The molecule has 0 unspecified atom stereocenters. The molecule has 6 heterocycles. The van der Waals surface area contributed by atoms with Crippen LogP contribution in [0.3, 0.4) is 0 Å². The first-order chi connectivity index (χ1) is 20.9. The molecule has 0 saturated carbocycles. The molecule has 1 spiro atoms. The number of fused-ring (bicyclic) bond motifs is 14. The van der Waals surface area contributed by atoms with E-state index in [0.717, 1.165) is 60.3 Å². The van der Waals surface area contributed by atoms with E-state index in [2.05, 4.69) is 57.8 Å². The van der Waals surface area contributed by atoms with Gasteiger partial charge in [0.05, 0.1) is 33.7 Å². The highest BCUT2D eigenvalue weighted by atomic mass is 16.6. The summed E-state index contributed by atoms with van der Waals surface area (Å²) in [6.07, 6.45) is -0.00907. The molecule has 1 fully saturated rings. The van der Waals surface area contributed by atoms with Crippen LogP contribution < -0.4 is 5.32 Å². The quantitative estimate of drug-likeness (QED) is 0.287. The van der Waals surface area contributed by atoms with Crippen LogP contribution in [0.15, 0.2) is 72.8 Å². The molecule has 8 nitrogen and oxygen atoms in total. The topological polar surface area (TPSA) is 77.7 Å². The fourth-order valence-corrected chi connectivity index (χ4v) is 9.05. The van der Waals surface area contributed by atoms with Crippen LogP contribution in [0.1, 0.15) is 45.2 Å². The molecule has 2 aromatic heterocycles. The van der Waals surface area contributed by atoms with E-state index < -0.39 is 17.6 Å². The summed E-state index contributed by atoms with van der Waals surface area (Å²) in [5.41, 5.74) is 5.25. The zero-order valence-corrected chi connectivity index (χ0v) is 24.0. The third-order valence-corrected chi connectivity index (χ3v) is 10.7. The molecule has 5 bridgehead atoms. The van der Waals surface area contributed by atoms with Crippen LogP contribution >= 0.6 is 0 Å². The number of aromatic nitrogens is 2. The maximum absolute atomic E-state index is 13.9. The van der Waals surface area contributed by atoms with Gasteiger partial charge in [0.15, 0.2) is 11.4 Å². The van der Waals surface area contributed by atoms with Crippen LogP contribution in [0.2, 0.25) is 0 Å².